The van der Waals surface area contributed by atoms with Crippen molar-refractivity contribution in [2.75, 3.05) is 18.4 Å². The van der Waals surface area contributed by atoms with Crippen molar-refractivity contribution < 1.29 is 13.2 Å². The molecule has 0 radical (unpaired) electrons. The highest BCUT2D eigenvalue weighted by atomic mass is 32.2. The molecule has 1 saturated heterocycles. The molecule has 1 N–H and O–H groups in total. The number of sulfonamides is 1. The van der Waals surface area contributed by atoms with Gasteiger partial charge < -0.3 is 5.32 Å². The fraction of sp³-hybridized carbons (Fsp3) is 0.444. The van der Waals surface area contributed by atoms with E-state index in [1.165, 1.54) is 15.6 Å². The predicted molar refractivity (Wildman–Crippen MR) is 103 cm³/mol. The second-order valence-corrected chi connectivity index (χ2v) is 9.80. The number of amides is 1. The van der Waals surface area contributed by atoms with Gasteiger partial charge in [0.05, 0.1) is 0 Å². The summed E-state index contributed by atoms with van der Waals surface area (Å²) in [6.07, 6.45) is 3.57. The molecule has 0 spiro atoms. The summed E-state index contributed by atoms with van der Waals surface area (Å²) in [5, 5.41) is 2.82. The zero-order valence-electron chi connectivity index (χ0n) is 14.9. The molecule has 3 heterocycles. The van der Waals surface area contributed by atoms with E-state index in [-0.39, 0.29) is 11.8 Å². The van der Waals surface area contributed by atoms with Crippen LogP contribution >= 0.6 is 11.3 Å². The van der Waals surface area contributed by atoms with E-state index in [1.807, 2.05) is 26.0 Å². The van der Waals surface area contributed by atoms with Gasteiger partial charge in [-0.3, -0.25) is 4.79 Å². The molecule has 2 aromatic rings. The highest BCUT2D eigenvalue weighted by Crippen LogP contribution is 2.29. The number of nitrogens with zero attached hydrogens (tertiary/aromatic N) is 2. The summed E-state index contributed by atoms with van der Waals surface area (Å²) < 4.78 is 27.4. The van der Waals surface area contributed by atoms with Gasteiger partial charge in [0, 0.05) is 30.1 Å². The Hall–Kier alpha value is -1.77. The van der Waals surface area contributed by atoms with Gasteiger partial charge in [-0.1, -0.05) is 13.0 Å². The Morgan fingerprint density at radius 2 is 2.00 bits per heavy atom. The molecule has 8 heteroatoms. The van der Waals surface area contributed by atoms with E-state index in [9.17, 15) is 13.2 Å². The standard InChI is InChI=1S/C18H23N3O3S2/c1-3-15-5-7-17(25-15)26(23,24)21-10-8-14(9-11-21)18(22)20-16-6-4-13(2)12-19-16/h4-7,12,14H,3,8-11H2,1-2H3,(H,19,20,22). The Kier molecular flexibility index (Phi) is 5.74. The molecule has 1 amide bonds. The number of anilines is 1. The fourth-order valence-corrected chi connectivity index (χ4v) is 5.86. The number of nitrogens with one attached hydrogen (secondary N) is 1. The van der Waals surface area contributed by atoms with Crippen molar-refractivity contribution in [3.05, 3.63) is 40.9 Å². The maximum absolute atomic E-state index is 12.7. The van der Waals surface area contributed by atoms with E-state index in [1.54, 1.807) is 18.3 Å². The van der Waals surface area contributed by atoms with Crippen molar-refractivity contribution in [3.63, 3.8) is 0 Å². The van der Waals surface area contributed by atoms with Crippen LogP contribution in [-0.2, 0) is 21.2 Å². The van der Waals surface area contributed by atoms with Gasteiger partial charge >= 0.3 is 0 Å². The molecule has 0 saturated carbocycles. The molecule has 0 unspecified atom stereocenters. The first kappa shape index (κ1) is 19.0. The Labute approximate surface area is 158 Å². The number of aromatic nitrogens is 1. The minimum Gasteiger partial charge on any atom is -0.310 e. The van der Waals surface area contributed by atoms with Crippen LogP contribution in [0.1, 0.15) is 30.2 Å². The van der Waals surface area contributed by atoms with Crippen LogP contribution in [0.5, 0.6) is 0 Å². The topological polar surface area (TPSA) is 79.4 Å². The maximum atomic E-state index is 12.7. The van der Waals surface area contributed by atoms with Crippen molar-refractivity contribution in [1.82, 2.24) is 9.29 Å². The SMILES string of the molecule is CCc1ccc(S(=O)(=O)N2CCC(C(=O)Nc3ccc(C)cn3)CC2)s1. The third-order valence-corrected chi connectivity index (χ3v) is 8.16. The Balaban J connectivity index is 1.59. The van der Waals surface area contributed by atoms with Gasteiger partial charge in [-0.25, -0.2) is 13.4 Å². The zero-order chi connectivity index (χ0) is 18.7. The summed E-state index contributed by atoms with van der Waals surface area (Å²) in [5.74, 6) is 0.239. The normalized spacial score (nSPS) is 16.5. The van der Waals surface area contributed by atoms with Gasteiger partial charge in [0.2, 0.25) is 5.91 Å². The monoisotopic (exact) mass is 393 g/mol. The Bertz CT molecular complexity index is 867. The molecule has 3 rings (SSSR count). The smallest absolute Gasteiger partial charge is 0.252 e. The van der Waals surface area contributed by atoms with Crippen LogP contribution < -0.4 is 5.32 Å². The third-order valence-electron chi connectivity index (χ3n) is 4.57. The molecule has 0 aromatic carbocycles. The van der Waals surface area contributed by atoms with E-state index in [0.29, 0.717) is 36.0 Å². The Morgan fingerprint density at radius 3 is 2.58 bits per heavy atom. The fourth-order valence-electron chi connectivity index (χ4n) is 2.94. The first-order chi connectivity index (χ1) is 12.4. The van der Waals surface area contributed by atoms with Gasteiger partial charge in [-0.2, -0.15) is 4.31 Å². The van der Waals surface area contributed by atoms with E-state index < -0.39 is 10.0 Å². The molecule has 1 fully saturated rings. The lowest BCUT2D eigenvalue weighted by Crippen LogP contribution is -2.41. The molecule has 26 heavy (non-hydrogen) atoms. The molecule has 1 aliphatic rings. The summed E-state index contributed by atoms with van der Waals surface area (Å²) in [6, 6.07) is 7.21. The van der Waals surface area contributed by atoms with Crippen molar-refractivity contribution in [2.45, 2.75) is 37.3 Å². The number of carbonyl (C=O) groups excluding carboxylic acids is 1. The van der Waals surface area contributed by atoms with Crippen molar-refractivity contribution in [3.8, 4) is 0 Å². The maximum Gasteiger partial charge on any atom is 0.252 e. The van der Waals surface area contributed by atoms with Gasteiger partial charge in [0.1, 0.15) is 10.0 Å². The van der Waals surface area contributed by atoms with E-state index in [2.05, 4.69) is 10.3 Å². The van der Waals surface area contributed by atoms with Crippen LogP contribution in [0.25, 0.3) is 0 Å². The quantitative estimate of drug-likeness (QED) is 0.847. The van der Waals surface area contributed by atoms with Crippen LogP contribution in [-0.4, -0.2) is 36.7 Å². The minimum atomic E-state index is -3.46. The van der Waals surface area contributed by atoms with Crippen LogP contribution in [0.2, 0.25) is 0 Å². The molecule has 140 valence electrons. The summed E-state index contributed by atoms with van der Waals surface area (Å²) in [7, 11) is -3.46. The second-order valence-electron chi connectivity index (χ2n) is 6.46. The van der Waals surface area contributed by atoms with Crippen molar-refractivity contribution >= 4 is 33.1 Å². The number of hydrogen-bond acceptors (Lipinski definition) is 5. The molecule has 6 nitrogen and oxygen atoms in total. The lowest BCUT2D eigenvalue weighted by Gasteiger charge is -2.30. The first-order valence-corrected chi connectivity index (χ1v) is 11.0. The molecular weight excluding hydrogens is 370 g/mol. The summed E-state index contributed by atoms with van der Waals surface area (Å²) in [6.45, 7) is 4.67. The molecule has 1 aliphatic heterocycles. The Morgan fingerprint density at radius 1 is 1.27 bits per heavy atom. The predicted octanol–water partition coefficient (Wildman–Crippen LogP) is 3.05. The number of hydrogen-bond donors (Lipinski definition) is 1. The van der Waals surface area contributed by atoms with Gasteiger partial charge in [-0.05, 0) is 49.9 Å². The summed E-state index contributed by atoms with van der Waals surface area (Å²) >= 11 is 1.33. The molecule has 2 aromatic heterocycles. The van der Waals surface area contributed by atoms with Gasteiger partial charge in [-0.15, -0.1) is 11.3 Å². The minimum absolute atomic E-state index is 0.0946. The highest BCUT2D eigenvalue weighted by Gasteiger charge is 2.33. The van der Waals surface area contributed by atoms with Crippen LogP contribution in [0.3, 0.4) is 0 Å². The number of thiophene rings is 1. The van der Waals surface area contributed by atoms with E-state index in [4.69, 9.17) is 0 Å². The van der Waals surface area contributed by atoms with E-state index >= 15 is 0 Å². The average molecular weight is 394 g/mol. The third kappa shape index (κ3) is 4.13. The number of pyridine rings is 1. The number of rotatable bonds is 5. The number of piperidine rings is 1. The largest absolute Gasteiger partial charge is 0.310 e. The van der Waals surface area contributed by atoms with Crippen LogP contribution in [0.4, 0.5) is 5.82 Å². The molecule has 0 atom stereocenters. The van der Waals surface area contributed by atoms with Crippen molar-refractivity contribution in [2.24, 2.45) is 5.92 Å². The summed E-state index contributed by atoms with van der Waals surface area (Å²) in [4.78, 5) is 17.6. The van der Waals surface area contributed by atoms with Crippen LogP contribution in [0.15, 0.2) is 34.7 Å². The van der Waals surface area contributed by atoms with Crippen LogP contribution in [0, 0.1) is 12.8 Å². The lowest BCUT2D eigenvalue weighted by atomic mass is 9.97. The lowest BCUT2D eigenvalue weighted by molar-refractivity contribution is -0.120. The highest BCUT2D eigenvalue weighted by molar-refractivity contribution is 7.91. The van der Waals surface area contributed by atoms with Gasteiger partial charge in [0.25, 0.3) is 10.0 Å². The molecule has 0 bridgehead atoms. The van der Waals surface area contributed by atoms with Crippen molar-refractivity contribution in [1.29, 1.82) is 0 Å². The summed E-state index contributed by atoms with van der Waals surface area (Å²) in [5.41, 5.74) is 1.03. The molecule has 0 aliphatic carbocycles. The molecular formula is C18H23N3O3S2. The van der Waals surface area contributed by atoms with E-state index in [0.717, 1.165) is 16.9 Å². The second kappa shape index (κ2) is 7.85. The number of aryl methyl sites for hydroxylation is 2. The van der Waals surface area contributed by atoms with Gasteiger partial charge in [0.15, 0.2) is 0 Å². The number of carbonyl (C=O) groups is 1. The first-order valence-electron chi connectivity index (χ1n) is 8.72. The zero-order valence-corrected chi connectivity index (χ0v) is 16.6. The average Bonchev–Trinajstić information content (AvgIpc) is 3.14.